The third-order valence-electron chi connectivity index (χ3n) is 4.29. The van der Waals surface area contributed by atoms with Gasteiger partial charge in [-0.05, 0) is 59.8 Å². The molecule has 1 heterocycles. The topological polar surface area (TPSA) is 66.6 Å². The second kappa shape index (κ2) is 8.16. The summed E-state index contributed by atoms with van der Waals surface area (Å²) in [5, 5.41) is 0. The van der Waals surface area contributed by atoms with Crippen LogP contribution in [0.1, 0.15) is 19.8 Å². The Labute approximate surface area is 153 Å². The molecule has 8 heteroatoms. The van der Waals surface area contributed by atoms with E-state index in [1.54, 1.807) is 16.4 Å². The predicted octanol–water partition coefficient (Wildman–Crippen LogP) is 2.68. The lowest BCUT2D eigenvalue weighted by Gasteiger charge is -2.33. The first-order chi connectivity index (χ1) is 10.2. The fraction of sp³-hybridized carbons (Fsp3) is 0.600. The number of halogens is 2. The van der Waals surface area contributed by atoms with Crippen LogP contribution in [0.2, 0.25) is 0 Å². The van der Waals surface area contributed by atoms with E-state index in [9.17, 15) is 8.42 Å². The molecule has 0 aliphatic carbocycles. The van der Waals surface area contributed by atoms with Crippen molar-refractivity contribution in [2.45, 2.75) is 30.7 Å². The molecule has 2 rings (SSSR count). The molecule has 2 N–H and O–H groups in total. The highest BCUT2D eigenvalue weighted by molar-refractivity contribution is 9.10. The average molecular weight is 427 g/mol. The van der Waals surface area contributed by atoms with E-state index in [2.05, 4.69) is 15.9 Å². The van der Waals surface area contributed by atoms with Crippen molar-refractivity contribution in [1.29, 1.82) is 0 Å². The van der Waals surface area contributed by atoms with Gasteiger partial charge in [-0.1, -0.05) is 0 Å². The molecule has 0 amide bonds. The number of hydrogen-bond donors (Lipinski definition) is 1. The van der Waals surface area contributed by atoms with Crippen molar-refractivity contribution in [2.24, 2.45) is 11.7 Å². The van der Waals surface area contributed by atoms with Gasteiger partial charge in [0.15, 0.2) is 0 Å². The number of sulfonamides is 1. The van der Waals surface area contributed by atoms with Gasteiger partial charge < -0.3 is 10.6 Å². The van der Waals surface area contributed by atoms with Crippen LogP contribution in [-0.2, 0) is 10.0 Å². The normalized spacial score (nSPS) is 18.3. The SMILES string of the molecule is CC(N)C1CCN(S(=O)(=O)c2cc(N(C)C)ccc2Br)CC1.Cl. The smallest absolute Gasteiger partial charge is 0.244 e. The summed E-state index contributed by atoms with van der Waals surface area (Å²) in [6.07, 6.45) is 1.64. The minimum Gasteiger partial charge on any atom is -0.378 e. The van der Waals surface area contributed by atoms with Crippen LogP contribution >= 0.6 is 28.3 Å². The van der Waals surface area contributed by atoms with E-state index in [4.69, 9.17) is 5.73 Å². The zero-order valence-corrected chi connectivity index (χ0v) is 16.9. The van der Waals surface area contributed by atoms with E-state index in [0.717, 1.165) is 18.5 Å². The van der Waals surface area contributed by atoms with Gasteiger partial charge >= 0.3 is 0 Å². The number of nitrogens with zero attached hydrogens (tertiary/aromatic N) is 2. The van der Waals surface area contributed by atoms with Crippen LogP contribution in [0.3, 0.4) is 0 Å². The zero-order chi connectivity index (χ0) is 16.5. The van der Waals surface area contributed by atoms with Gasteiger partial charge in [0.05, 0.1) is 4.90 Å². The molecule has 0 aromatic heterocycles. The second-order valence-corrected chi connectivity index (χ2v) is 8.87. The molecule has 0 spiro atoms. The van der Waals surface area contributed by atoms with Crippen LogP contribution in [0, 0.1) is 5.92 Å². The monoisotopic (exact) mass is 425 g/mol. The predicted molar refractivity (Wildman–Crippen MR) is 101 cm³/mol. The van der Waals surface area contributed by atoms with Crippen molar-refractivity contribution in [3.8, 4) is 0 Å². The summed E-state index contributed by atoms with van der Waals surface area (Å²) in [6.45, 7) is 3.06. The molecule has 1 saturated heterocycles. The Morgan fingerprint density at radius 3 is 2.35 bits per heavy atom. The summed E-state index contributed by atoms with van der Waals surface area (Å²) < 4.78 is 28.0. The fourth-order valence-electron chi connectivity index (χ4n) is 2.75. The third kappa shape index (κ3) is 4.60. The zero-order valence-electron chi connectivity index (χ0n) is 13.7. The molecular weight excluding hydrogens is 402 g/mol. The molecule has 23 heavy (non-hydrogen) atoms. The summed E-state index contributed by atoms with van der Waals surface area (Å²) in [5.74, 6) is 0.406. The van der Waals surface area contributed by atoms with Crippen molar-refractivity contribution in [3.63, 3.8) is 0 Å². The van der Waals surface area contributed by atoms with Crippen molar-refractivity contribution in [2.75, 3.05) is 32.1 Å². The number of rotatable bonds is 4. The minimum atomic E-state index is -3.48. The van der Waals surface area contributed by atoms with E-state index in [-0.39, 0.29) is 18.4 Å². The highest BCUT2D eigenvalue weighted by atomic mass is 79.9. The molecule has 132 valence electrons. The Balaban J connectivity index is 0.00000264. The summed E-state index contributed by atoms with van der Waals surface area (Å²) in [6, 6.07) is 5.52. The number of piperidine rings is 1. The summed E-state index contributed by atoms with van der Waals surface area (Å²) in [5.41, 5.74) is 6.80. The molecule has 0 bridgehead atoms. The lowest BCUT2D eigenvalue weighted by molar-refractivity contribution is 0.250. The van der Waals surface area contributed by atoms with Crippen molar-refractivity contribution < 1.29 is 8.42 Å². The molecule has 1 unspecified atom stereocenters. The van der Waals surface area contributed by atoms with E-state index in [0.29, 0.717) is 28.4 Å². The van der Waals surface area contributed by atoms with Crippen LogP contribution in [0.4, 0.5) is 5.69 Å². The molecule has 1 aromatic carbocycles. The lowest BCUT2D eigenvalue weighted by Crippen LogP contribution is -2.42. The fourth-order valence-corrected chi connectivity index (χ4v) is 5.16. The Morgan fingerprint density at radius 2 is 1.87 bits per heavy atom. The quantitative estimate of drug-likeness (QED) is 0.804. The van der Waals surface area contributed by atoms with Crippen LogP contribution in [0.5, 0.6) is 0 Å². The van der Waals surface area contributed by atoms with Gasteiger partial charge in [0.1, 0.15) is 0 Å². The van der Waals surface area contributed by atoms with E-state index in [1.807, 2.05) is 32.0 Å². The molecule has 1 aromatic rings. The number of nitrogens with two attached hydrogens (primary N) is 1. The van der Waals surface area contributed by atoms with Crippen molar-refractivity contribution in [1.82, 2.24) is 4.31 Å². The first-order valence-electron chi connectivity index (χ1n) is 7.46. The Kier molecular flexibility index (Phi) is 7.35. The van der Waals surface area contributed by atoms with Gasteiger partial charge in [0.25, 0.3) is 0 Å². The molecule has 5 nitrogen and oxygen atoms in total. The first kappa shape index (κ1) is 20.7. The van der Waals surface area contributed by atoms with Gasteiger partial charge in [-0.2, -0.15) is 4.31 Å². The van der Waals surface area contributed by atoms with Crippen LogP contribution in [0.25, 0.3) is 0 Å². The largest absolute Gasteiger partial charge is 0.378 e. The maximum atomic E-state index is 12.9. The average Bonchev–Trinajstić information content (AvgIpc) is 2.47. The summed E-state index contributed by atoms with van der Waals surface area (Å²) in [7, 11) is 0.314. The summed E-state index contributed by atoms with van der Waals surface area (Å²) in [4.78, 5) is 2.23. The maximum absolute atomic E-state index is 12.9. The van der Waals surface area contributed by atoms with E-state index in [1.165, 1.54) is 0 Å². The molecule has 1 atom stereocenters. The highest BCUT2D eigenvalue weighted by Gasteiger charge is 2.31. The molecule has 0 saturated carbocycles. The number of hydrogen-bond acceptors (Lipinski definition) is 4. The van der Waals surface area contributed by atoms with Gasteiger partial charge in [0, 0.05) is 43.4 Å². The Hall–Kier alpha value is -0.340. The van der Waals surface area contributed by atoms with Crippen LogP contribution < -0.4 is 10.6 Å². The second-order valence-electron chi connectivity index (χ2n) is 6.11. The van der Waals surface area contributed by atoms with E-state index >= 15 is 0 Å². The van der Waals surface area contributed by atoms with Gasteiger partial charge in [-0.15, -0.1) is 12.4 Å². The number of benzene rings is 1. The highest BCUT2D eigenvalue weighted by Crippen LogP contribution is 2.31. The van der Waals surface area contributed by atoms with Crippen molar-refractivity contribution >= 4 is 44.0 Å². The molecular formula is C15H25BrClN3O2S. The van der Waals surface area contributed by atoms with Gasteiger partial charge in [-0.25, -0.2) is 8.42 Å². The van der Waals surface area contributed by atoms with E-state index < -0.39 is 10.0 Å². The molecule has 0 radical (unpaired) electrons. The molecule has 1 aliphatic rings. The van der Waals surface area contributed by atoms with Crippen molar-refractivity contribution in [3.05, 3.63) is 22.7 Å². The molecule has 1 fully saturated rings. The minimum absolute atomic E-state index is 0. The molecule has 1 aliphatic heterocycles. The third-order valence-corrected chi connectivity index (χ3v) is 7.18. The Morgan fingerprint density at radius 1 is 1.30 bits per heavy atom. The first-order valence-corrected chi connectivity index (χ1v) is 9.69. The maximum Gasteiger partial charge on any atom is 0.244 e. The summed E-state index contributed by atoms with van der Waals surface area (Å²) >= 11 is 3.37. The van der Waals surface area contributed by atoms with Gasteiger partial charge in [0.2, 0.25) is 10.0 Å². The number of anilines is 1. The van der Waals surface area contributed by atoms with Crippen LogP contribution in [-0.4, -0.2) is 45.9 Å². The van der Waals surface area contributed by atoms with Gasteiger partial charge in [-0.3, -0.25) is 0 Å². The van der Waals surface area contributed by atoms with Crippen LogP contribution in [0.15, 0.2) is 27.6 Å². The standard InChI is InChI=1S/C15H24BrN3O2S.ClH/c1-11(17)12-6-8-19(9-7-12)22(20,21)15-10-13(18(2)3)4-5-14(15)16;/h4-5,10-12H,6-9,17H2,1-3H3;1H. The lowest BCUT2D eigenvalue weighted by atomic mass is 9.92. The Bertz CT molecular complexity index is 630.